The van der Waals surface area contributed by atoms with Crippen LogP contribution in [-0.2, 0) is 0 Å². The Morgan fingerprint density at radius 2 is 1.79 bits per heavy atom. The van der Waals surface area contributed by atoms with Crippen LogP contribution in [0.4, 0.5) is 17.3 Å². The lowest BCUT2D eigenvalue weighted by Crippen LogP contribution is -2.14. The van der Waals surface area contributed by atoms with Crippen molar-refractivity contribution >= 4 is 46.4 Å². The molecule has 0 saturated heterocycles. The molecule has 0 atom stereocenters. The first kappa shape index (κ1) is 16.2. The molecule has 0 fully saturated rings. The van der Waals surface area contributed by atoms with E-state index < -0.39 is 5.91 Å². The highest BCUT2D eigenvalue weighted by Crippen LogP contribution is 2.24. The summed E-state index contributed by atoms with van der Waals surface area (Å²) in [6.45, 7) is 1.73. The molecule has 0 aliphatic carbocycles. The SMILES string of the molecule is Cc1cc(NC(=O)c2ccc(Nc3cc(Cl)cc(Cl)c3)nn2)no1. The van der Waals surface area contributed by atoms with Crippen LogP contribution in [0.15, 0.2) is 40.9 Å². The zero-order valence-corrected chi connectivity index (χ0v) is 13.9. The van der Waals surface area contributed by atoms with Crippen LogP contribution in [0, 0.1) is 6.92 Å². The summed E-state index contributed by atoms with van der Waals surface area (Å²) < 4.78 is 4.87. The van der Waals surface area contributed by atoms with E-state index >= 15 is 0 Å². The maximum atomic E-state index is 12.0. The smallest absolute Gasteiger partial charge is 0.277 e. The molecule has 0 aliphatic rings. The van der Waals surface area contributed by atoms with E-state index in [4.69, 9.17) is 27.7 Å². The van der Waals surface area contributed by atoms with Gasteiger partial charge in [-0.15, -0.1) is 10.2 Å². The normalized spacial score (nSPS) is 10.5. The summed E-state index contributed by atoms with van der Waals surface area (Å²) in [7, 11) is 0. The number of halogens is 2. The third-order valence-corrected chi connectivity index (χ3v) is 3.34. The van der Waals surface area contributed by atoms with E-state index in [0.29, 0.717) is 33.1 Å². The number of rotatable bonds is 4. The van der Waals surface area contributed by atoms with Crippen LogP contribution in [0.1, 0.15) is 16.2 Å². The lowest BCUT2D eigenvalue weighted by molar-refractivity contribution is 0.102. The van der Waals surface area contributed by atoms with Crippen LogP contribution < -0.4 is 10.6 Å². The van der Waals surface area contributed by atoms with Crippen molar-refractivity contribution in [3.05, 3.63) is 57.9 Å². The molecule has 9 heteroatoms. The van der Waals surface area contributed by atoms with E-state index in [9.17, 15) is 4.79 Å². The second kappa shape index (κ2) is 6.86. The van der Waals surface area contributed by atoms with Crippen LogP contribution >= 0.6 is 23.2 Å². The summed E-state index contributed by atoms with van der Waals surface area (Å²) >= 11 is 11.9. The number of carbonyl (C=O) groups excluding carboxylic acids is 1. The van der Waals surface area contributed by atoms with Gasteiger partial charge in [0.15, 0.2) is 17.3 Å². The molecule has 122 valence electrons. The van der Waals surface area contributed by atoms with E-state index in [1.165, 1.54) is 6.07 Å². The van der Waals surface area contributed by atoms with Gasteiger partial charge in [0, 0.05) is 21.8 Å². The van der Waals surface area contributed by atoms with E-state index in [-0.39, 0.29) is 5.69 Å². The van der Waals surface area contributed by atoms with Gasteiger partial charge in [0.1, 0.15) is 5.76 Å². The Balaban J connectivity index is 1.69. The quantitative estimate of drug-likeness (QED) is 0.725. The fourth-order valence-electron chi connectivity index (χ4n) is 1.90. The molecule has 1 aromatic carbocycles. The molecule has 2 heterocycles. The molecule has 2 aromatic heterocycles. The largest absolute Gasteiger partial charge is 0.360 e. The van der Waals surface area contributed by atoms with Crippen molar-refractivity contribution < 1.29 is 9.32 Å². The van der Waals surface area contributed by atoms with Crippen molar-refractivity contribution in [2.75, 3.05) is 10.6 Å². The van der Waals surface area contributed by atoms with Gasteiger partial charge in [0.05, 0.1) is 0 Å². The van der Waals surface area contributed by atoms with Gasteiger partial charge >= 0.3 is 0 Å². The van der Waals surface area contributed by atoms with Gasteiger partial charge in [0.25, 0.3) is 5.91 Å². The van der Waals surface area contributed by atoms with Gasteiger partial charge in [0.2, 0.25) is 0 Å². The van der Waals surface area contributed by atoms with Crippen LogP contribution in [0.5, 0.6) is 0 Å². The van der Waals surface area contributed by atoms with Gasteiger partial charge in [-0.2, -0.15) is 0 Å². The van der Waals surface area contributed by atoms with Crippen LogP contribution in [0.3, 0.4) is 0 Å². The molecule has 0 radical (unpaired) electrons. The third-order valence-electron chi connectivity index (χ3n) is 2.90. The number of nitrogens with one attached hydrogen (secondary N) is 2. The second-order valence-electron chi connectivity index (χ2n) is 4.86. The lowest BCUT2D eigenvalue weighted by atomic mass is 10.3. The lowest BCUT2D eigenvalue weighted by Gasteiger charge is -2.06. The fourth-order valence-corrected chi connectivity index (χ4v) is 2.43. The number of anilines is 3. The van der Waals surface area contributed by atoms with Crippen LogP contribution in [-0.4, -0.2) is 21.3 Å². The van der Waals surface area contributed by atoms with E-state index in [0.717, 1.165) is 0 Å². The van der Waals surface area contributed by atoms with Gasteiger partial charge in [-0.1, -0.05) is 28.4 Å². The molecule has 0 aliphatic heterocycles. The van der Waals surface area contributed by atoms with Gasteiger partial charge in [-0.25, -0.2) is 0 Å². The molecule has 0 spiro atoms. The summed E-state index contributed by atoms with van der Waals surface area (Å²) in [6, 6.07) is 9.77. The minimum Gasteiger partial charge on any atom is -0.360 e. The summed E-state index contributed by atoms with van der Waals surface area (Å²) in [5.74, 6) is 0.918. The summed E-state index contributed by atoms with van der Waals surface area (Å²) in [4.78, 5) is 12.0. The monoisotopic (exact) mass is 363 g/mol. The van der Waals surface area contributed by atoms with Crippen molar-refractivity contribution in [2.45, 2.75) is 6.92 Å². The van der Waals surface area contributed by atoms with Gasteiger partial charge < -0.3 is 15.2 Å². The Morgan fingerprint density at radius 1 is 1.04 bits per heavy atom. The summed E-state index contributed by atoms with van der Waals surface area (Å²) in [5, 5.41) is 18.1. The summed E-state index contributed by atoms with van der Waals surface area (Å²) in [6.07, 6.45) is 0. The first-order valence-corrected chi connectivity index (χ1v) is 7.57. The molecule has 2 N–H and O–H groups in total. The highest BCUT2D eigenvalue weighted by molar-refractivity contribution is 6.35. The number of nitrogens with zero attached hydrogens (tertiary/aromatic N) is 3. The second-order valence-corrected chi connectivity index (χ2v) is 5.74. The standard InChI is InChI=1S/C15H11Cl2N5O2/c1-8-4-14(22-24-8)19-15(23)12-2-3-13(21-20-12)18-11-6-9(16)5-10(17)7-11/h2-7H,1H3,(H,18,21)(H,19,22,23). The molecule has 0 bridgehead atoms. The number of hydrogen-bond donors (Lipinski definition) is 2. The molecule has 24 heavy (non-hydrogen) atoms. The van der Waals surface area contributed by atoms with Crippen LogP contribution in [0.25, 0.3) is 0 Å². The topological polar surface area (TPSA) is 92.9 Å². The highest BCUT2D eigenvalue weighted by Gasteiger charge is 2.11. The number of amides is 1. The Morgan fingerprint density at radius 3 is 2.38 bits per heavy atom. The van der Waals surface area contributed by atoms with E-state index in [2.05, 4.69) is 26.0 Å². The minimum absolute atomic E-state index is 0.144. The zero-order chi connectivity index (χ0) is 17.1. The number of benzene rings is 1. The van der Waals surface area contributed by atoms with Crippen LogP contribution in [0.2, 0.25) is 10.0 Å². The fraction of sp³-hybridized carbons (Fsp3) is 0.0667. The molecular formula is C15H11Cl2N5O2. The molecule has 7 nitrogen and oxygen atoms in total. The molecule has 0 unspecified atom stereocenters. The van der Waals surface area contributed by atoms with Crippen molar-refractivity contribution in [2.24, 2.45) is 0 Å². The molecule has 3 aromatic rings. The van der Waals surface area contributed by atoms with Crippen molar-refractivity contribution in [1.82, 2.24) is 15.4 Å². The Kier molecular flexibility index (Phi) is 4.64. The first-order valence-electron chi connectivity index (χ1n) is 6.81. The Bertz CT molecular complexity index is 860. The average molecular weight is 364 g/mol. The highest BCUT2D eigenvalue weighted by atomic mass is 35.5. The first-order chi connectivity index (χ1) is 11.5. The maximum Gasteiger partial charge on any atom is 0.277 e. The van der Waals surface area contributed by atoms with Crippen molar-refractivity contribution in [1.29, 1.82) is 0 Å². The van der Waals surface area contributed by atoms with Gasteiger partial charge in [-0.05, 0) is 37.3 Å². The number of hydrogen-bond acceptors (Lipinski definition) is 6. The number of carbonyl (C=O) groups is 1. The molecule has 0 saturated carbocycles. The number of aromatic nitrogens is 3. The molecular weight excluding hydrogens is 353 g/mol. The van der Waals surface area contributed by atoms with Gasteiger partial charge in [-0.3, -0.25) is 4.79 Å². The Labute approximate surface area is 147 Å². The van der Waals surface area contributed by atoms with E-state index in [1.807, 2.05) is 0 Å². The predicted molar refractivity (Wildman–Crippen MR) is 91.0 cm³/mol. The average Bonchev–Trinajstić information content (AvgIpc) is 2.92. The number of aryl methyl sites for hydroxylation is 1. The zero-order valence-electron chi connectivity index (χ0n) is 12.4. The van der Waals surface area contributed by atoms with E-state index in [1.54, 1.807) is 37.3 Å². The van der Waals surface area contributed by atoms with Crippen molar-refractivity contribution in [3.8, 4) is 0 Å². The molecule has 1 amide bonds. The summed E-state index contributed by atoms with van der Waals surface area (Å²) in [5.41, 5.74) is 0.808. The van der Waals surface area contributed by atoms with Crippen molar-refractivity contribution in [3.63, 3.8) is 0 Å². The minimum atomic E-state index is -0.437. The third kappa shape index (κ3) is 4.01. The Hall–Kier alpha value is -2.64. The molecule has 3 rings (SSSR count). The predicted octanol–water partition coefficient (Wildman–Crippen LogP) is 4.08. The maximum absolute atomic E-state index is 12.0.